The molecule has 0 saturated heterocycles. The first-order valence-corrected chi connectivity index (χ1v) is 7.17. The molecule has 0 saturated carbocycles. The number of fused-ring (bicyclic) bond motifs is 1. The van der Waals surface area contributed by atoms with Gasteiger partial charge in [-0.15, -0.1) is 0 Å². The lowest BCUT2D eigenvalue weighted by molar-refractivity contribution is 0.649. The molecule has 0 spiro atoms. The fourth-order valence-electron chi connectivity index (χ4n) is 2.78. The quantitative estimate of drug-likeness (QED) is 0.788. The van der Waals surface area contributed by atoms with Gasteiger partial charge in [-0.2, -0.15) is 4.68 Å². The van der Waals surface area contributed by atoms with Crippen LogP contribution < -0.4 is 5.32 Å². The van der Waals surface area contributed by atoms with E-state index in [1.54, 1.807) is 4.68 Å². The normalized spacial score (nSPS) is 20.0. The number of hydrogen-bond donors (Lipinski definition) is 1. The van der Waals surface area contributed by atoms with E-state index in [1.807, 2.05) is 36.4 Å². The van der Waals surface area contributed by atoms with Crippen molar-refractivity contribution in [3.63, 3.8) is 0 Å². The molecule has 0 aliphatic carbocycles. The van der Waals surface area contributed by atoms with Crippen molar-refractivity contribution in [3.8, 4) is 0 Å². The summed E-state index contributed by atoms with van der Waals surface area (Å²) in [5, 5.41) is 15.4. The summed E-state index contributed by atoms with van der Waals surface area (Å²) in [6.07, 6.45) is 2.17. The Morgan fingerprint density at radius 2 is 1.64 bits per heavy atom. The second-order valence-electron chi connectivity index (χ2n) is 5.50. The first-order valence-electron chi connectivity index (χ1n) is 7.17. The number of tetrazole rings is 1. The molecule has 1 aliphatic heterocycles. The number of nitrogens with zero attached hydrogens (tertiary/aromatic N) is 4. The third kappa shape index (κ3) is 1.98. The Morgan fingerprint density at radius 1 is 0.955 bits per heavy atom. The van der Waals surface area contributed by atoms with Gasteiger partial charge in [-0.1, -0.05) is 65.8 Å². The van der Waals surface area contributed by atoms with E-state index in [0.29, 0.717) is 5.95 Å². The molecule has 2 heterocycles. The van der Waals surface area contributed by atoms with Crippen LogP contribution in [0, 0.1) is 0 Å². The zero-order valence-electron chi connectivity index (χ0n) is 12.1. The van der Waals surface area contributed by atoms with Crippen LogP contribution in [0.25, 0.3) is 5.70 Å². The summed E-state index contributed by atoms with van der Waals surface area (Å²) in [6, 6.07) is 20.5. The lowest BCUT2D eigenvalue weighted by Crippen LogP contribution is -2.35. The standard InChI is InChI=1S/C17H15N5/c1-17(14-10-6-3-7-11-14)12-15(13-8-4-2-5-9-13)22-16(18-17)19-20-21-22/h2-12H,1H3,(H,18,19,21). The molecular weight excluding hydrogens is 274 g/mol. The predicted octanol–water partition coefficient (Wildman–Crippen LogP) is 2.90. The molecule has 22 heavy (non-hydrogen) atoms. The smallest absolute Gasteiger partial charge is 0.248 e. The minimum Gasteiger partial charge on any atom is -0.340 e. The van der Waals surface area contributed by atoms with E-state index in [2.05, 4.69) is 58.1 Å². The Kier molecular flexibility index (Phi) is 2.79. The van der Waals surface area contributed by atoms with Crippen LogP contribution in [0.5, 0.6) is 0 Å². The van der Waals surface area contributed by atoms with Gasteiger partial charge in [0, 0.05) is 5.56 Å². The van der Waals surface area contributed by atoms with Gasteiger partial charge in [-0.05, 0) is 29.0 Å². The Balaban J connectivity index is 1.90. The molecule has 0 radical (unpaired) electrons. The molecule has 0 fully saturated rings. The van der Waals surface area contributed by atoms with Crippen LogP contribution >= 0.6 is 0 Å². The van der Waals surface area contributed by atoms with E-state index in [9.17, 15) is 0 Å². The number of nitrogens with one attached hydrogen (secondary N) is 1. The molecule has 1 atom stereocenters. The van der Waals surface area contributed by atoms with Crippen molar-refractivity contribution in [3.05, 3.63) is 77.9 Å². The van der Waals surface area contributed by atoms with Gasteiger partial charge in [-0.3, -0.25) is 0 Å². The molecule has 1 N–H and O–H groups in total. The van der Waals surface area contributed by atoms with Crippen molar-refractivity contribution in [2.75, 3.05) is 5.32 Å². The number of anilines is 1. The summed E-state index contributed by atoms with van der Waals surface area (Å²) in [4.78, 5) is 0. The molecule has 2 aromatic carbocycles. The highest BCUT2D eigenvalue weighted by molar-refractivity contribution is 5.72. The third-order valence-corrected chi connectivity index (χ3v) is 3.94. The third-order valence-electron chi connectivity index (χ3n) is 3.94. The first-order chi connectivity index (χ1) is 10.8. The Hall–Kier alpha value is -2.95. The summed E-state index contributed by atoms with van der Waals surface area (Å²) in [5.74, 6) is 0.646. The number of rotatable bonds is 2. The van der Waals surface area contributed by atoms with Crippen molar-refractivity contribution in [2.45, 2.75) is 12.5 Å². The molecule has 5 nitrogen and oxygen atoms in total. The number of benzene rings is 2. The van der Waals surface area contributed by atoms with Gasteiger partial charge >= 0.3 is 0 Å². The zero-order chi connectivity index (χ0) is 15.0. The molecule has 0 amide bonds. The van der Waals surface area contributed by atoms with Gasteiger partial charge in [0.15, 0.2) is 0 Å². The SMILES string of the molecule is CC1(c2ccccc2)C=C(c2ccccc2)n2nnnc2N1. The Labute approximate surface area is 128 Å². The maximum atomic E-state index is 4.10. The van der Waals surface area contributed by atoms with Gasteiger partial charge in [0.1, 0.15) is 0 Å². The summed E-state index contributed by atoms with van der Waals surface area (Å²) < 4.78 is 1.74. The van der Waals surface area contributed by atoms with Crippen molar-refractivity contribution in [2.24, 2.45) is 0 Å². The van der Waals surface area contributed by atoms with E-state index >= 15 is 0 Å². The maximum Gasteiger partial charge on any atom is 0.248 e. The number of aromatic nitrogens is 4. The summed E-state index contributed by atoms with van der Waals surface area (Å²) in [7, 11) is 0. The van der Waals surface area contributed by atoms with E-state index in [1.165, 1.54) is 0 Å². The molecule has 1 aliphatic rings. The largest absolute Gasteiger partial charge is 0.340 e. The highest BCUT2D eigenvalue weighted by atomic mass is 15.6. The second kappa shape index (κ2) is 4.80. The fourth-order valence-corrected chi connectivity index (χ4v) is 2.78. The average Bonchev–Trinajstić information content (AvgIpc) is 3.04. The molecule has 108 valence electrons. The maximum absolute atomic E-state index is 4.10. The second-order valence-corrected chi connectivity index (χ2v) is 5.50. The van der Waals surface area contributed by atoms with Crippen LogP contribution in [0.3, 0.4) is 0 Å². The molecular formula is C17H15N5. The topological polar surface area (TPSA) is 55.6 Å². The Bertz CT molecular complexity index is 823. The molecule has 4 rings (SSSR count). The minimum absolute atomic E-state index is 0.364. The predicted molar refractivity (Wildman–Crippen MR) is 85.1 cm³/mol. The molecule has 1 unspecified atom stereocenters. The van der Waals surface area contributed by atoms with Crippen molar-refractivity contribution >= 4 is 11.6 Å². The van der Waals surface area contributed by atoms with Gasteiger partial charge < -0.3 is 5.32 Å². The van der Waals surface area contributed by atoms with Gasteiger partial charge in [-0.25, -0.2) is 0 Å². The molecule has 0 bridgehead atoms. The molecule has 5 heteroatoms. The van der Waals surface area contributed by atoms with Crippen LogP contribution in [0.4, 0.5) is 5.95 Å². The average molecular weight is 289 g/mol. The van der Waals surface area contributed by atoms with Crippen LogP contribution in [0.2, 0.25) is 0 Å². The highest BCUT2D eigenvalue weighted by Gasteiger charge is 2.32. The molecule has 3 aromatic rings. The van der Waals surface area contributed by atoms with Crippen LogP contribution in [-0.4, -0.2) is 20.2 Å². The van der Waals surface area contributed by atoms with Crippen LogP contribution in [-0.2, 0) is 5.54 Å². The van der Waals surface area contributed by atoms with Gasteiger partial charge in [0.25, 0.3) is 0 Å². The fraction of sp³-hybridized carbons (Fsp3) is 0.118. The lowest BCUT2D eigenvalue weighted by atomic mass is 9.89. The summed E-state index contributed by atoms with van der Waals surface area (Å²) in [6.45, 7) is 2.13. The number of hydrogen-bond acceptors (Lipinski definition) is 4. The van der Waals surface area contributed by atoms with Crippen molar-refractivity contribution in [1.82, 2.24) is 20.2 Å². The van der Waals surface area contributed by atoms with E-state index < -0.39 is 0 Å². The minimum atomic E-state index is -0.364. The zero-order valence-corrected chi connectivity index (χ0v) is 12.1. The lowest BCUT2D eigenvalue weighted by Gasteiger charge is -2.33. The van der Waals surface area contributed by atoms with Crippen LogP contribution in [0.1, 0.15) is 18.1 Å². The molecule has 1 aromatic heterocycles. The summed E-state index contributed by atoms with van der Waals surface area (Å²) in [5.41, 5.74) is 2.86. The van der Waals surface area contributed by atoms with Gasteiger partial charge in [0.2, 0.25) is 5.95 Å². The first kappa shape index (κ1) is 12.8. The Morgan fingerprint density at radius 3 is 2.36 bits per heavy atom. The van der Waals surface area contributed by atoms with Crippen molar-refractivity contribution < 1.29 is 0 Å². The highest BCUT2D eigenvalue weighted by Crippen LogP contribution is 2.35. The van der Waals surface area contributed by atoms with E-state index in [-0.39, 0.29) is 5.54 Å². The van der Waals surface area contributed by atoms with Crippen molar-refractivity contribution in [1.29, 1.82) is 0 Å². The van der Waals surface area contributed by atoms with Crippen LogP contribution in [0.15, 0.2) is 66.7 Å². The monoisotopic (exact) mass is 289 g/mol. The van der Waals surface area contributed by atoms with Gasteiger partial charge in [0.05, 0.1) is 11.2 Å². The summed E-state index contributed by atoms with van der Waals surface area (Å²) >= 11 is 0. The van der Waals surface area contributed by atoms with E-state index in [0.717, 1.165) is 16.8 Å². The van der Waals surface area contributed by atoms with E-state index in [4.69, 9.17) is 0 Å².